The lowest BCUT2D eigenvalue weighted by atomic mass is 9.85. The van der Waals surface area contributed by atoms with Crippen molar-refractivity contribution in [1.29, 1.82) is 0 Å². The van der Waals surface area contributed by atoms with Gasteiger partial charge in [-0.25, -0.2) is 0 Å². The summed E-state index contributed by atoms with van der Waals surface area (Å²) in [6.07, 6.45) is 6.68. The van der Waals surface area contributed by atoms with Gasteiger partial charge in [-0.2, -0.15) is 0 Å². The summed E-state index contributed by atoms with van der Waals surface area (Å²) in [6.45, 7) is 0.132. The first-order valence-electron chi connectivity index (χ1n) is 11.0. The average Bonchev–Trinajstić information content (AvgIpc) is 3.44. The van der Waals surface area contributed by atoms with E-state index in [0.717, 1.165) is 0 Å². The normalized spacial score (nSPS) is 29.5. The van der Waals surface area contributed by atoms with Gasteiger partial charge in [-0.05, 0) is 37.8 Å². The number of rotatable bonds is 6. The number of amides is 4. The maximum atomic E-state index is 13.0. The smallest absolute Gasteiger partial charge is 0.234 e. The number of carbonyl (C=O) groups is 4. The standard InChI is InChI=1S/C23H23Cl2N3O5/c24-13-3-5-16-18(8-13)22(31)27(20(16)29)11-26(10-15-2-1-7-33-15)12-28-21(30)17-6-4-14(25)9-19(17)23(28)32/h1-4,7,16-19H,5-6,8-12H2/t16-,17+,18+,19-. The van der Waals surface area contributed by atoms with Crippen LogP contribution in [-0.4, -0.2) is 51.7 Å². The molecule has 2 saturated heterocycles. The summed E-state index contributed by atoms with van der Waals surface area (Å²) in [5.41, 5.74) is 0. The number of halogens is 2. The van der Waals surface area contributed by atoms with Crippen molar-refractivity contribution in [3.63, 3.8) is 0 Å². The largest absolute Gasteiger partial charge is 0.468 e. The highest BCUT2D eigenvalue weighted by Gasteiger charge is 2.51. The molecule has 33 heavy (non-hydrogen) atoms. The van der Waals surface area contributed by atoms with Crippen LogP contribution in [0.1, 0.15) is 31.4 Å². The Kier molecular flexibility index (Phi) is 5.93. The molecule has 4 aliphatic rings. The fourth-order valence-electron chi connectivity index (χ4n) is 5.24. The van der Waals surface area contributed by atoms with Gasteiger partial charge in [-0.1, -0.05) is 35.4 Å². The second-order valence-electron chi connectivity index (χ2n) is 9.01. The summed E-state index contributed by atoms with van der Waals surface area (Å²) in [5.74, 6) is -2.23. The lowest BCUT2D eigenvalue weighted by Gasteiger charge is -2.29. The Bertz CT molecular complexity index is 1000. The molecular formula is C23H23Cl2N3O5. The topological polar surface area (TPSA) is 91.1 Å². The molecule has 3 heterocycles. The van der Waals surface area contributed by atoms with Gasteiger partial charge >= 0.3 is 0 Å². The molecule has 0 unspecified atom stereocenters. The van der Waals surface area contributed by atoms with Crippen LogP contribution in [0.15, 0.2) is 45.0 Å². The molecule has 0 saturated carbocycles. The first kappa shape index (κ1) is 22.4. The van der Waals surface area contributed by atoms with E-state index < -0.39 is 23.7 Å². The molecule has 0 bridgehead atoms. The van der Waals surface area contributed by atoms with Gasteiger partial charge in [0.05, 0.1) is 49.8 Å². The van der Waals surface area contributed by atoms with Crippen molar-refractivity contribution in [2.75, 3.05) is 13.3 Å². The van der Waals surface area contributed by atoms with E-state index in [2.05, 4.69) is 0 Å². The molecule has 8 nitrogen and oxygen atoms in total. The summed E-state index contributed by atoms with van der Waals surface area (Å²) in [7, 11) is 0. The van der Waals surface area contributed by atoms with Crippen LogP contribution in [0.3, 0.4) is 0 Å². The summed E-state index contributed by atoms with van der Waals surface area (Å²) >= 11 is 12.2. The molecule has 10 heteroatoms. The number of furan rings is 1. The first-order valence-corrected chi connectivity index (χ1v) is 11.7. The number of nitrogens with zero attached hydrogens (tertiary/aromatic N) is 3. The Morgan fingerprint density at radius 3 is 1.76 bits per heavy atom. The predicted molar refractivity (Wildman–Crippen MR) is 118 cm³/mol. The molecule has 4 amide bonds. The van der Waals surface area contributed by atoms with Crippen LogP contribution < -0.4 is 0 Å². The van der Waals surface area contributed by atoms with Gasteiger partial charge in [0.2, 0.25) is 23.6 Å². The van der Waals surface area contributed by atoms with E-state index in [1.165, 1.54) is 16.1 Å². The Morgan fingerprint density at radius 1 is 0.818 bits per heavy atom. The maximum absolute atomic E-state index is 13.0. The molecule has 0 N–H and O–H groups in total. The molecule has 0 radical (unpaired) electrons. The molecule has 1 aromatic rings. The summed E-state index contributed by atoms with van der Waals surface area (Å²) in [4.78, 5) is 56.3. The molecule has 5 rings (SSSR count). The number of imide groups is 2. The van der Waals surface area contributed by atoms with E-state index in [0.29, 0.717) is 41.5 Å². The Labute approximate surface area is 200 Å². The van der Waals surface area contributed by atoms with Gasteiger partial charge in [0, 0.05) is 10.1 Å². The van der Waals surface area contributed by atoms with Crippen LogP contribution in [-0.2, 0) is 25.7 Å². The number of likely N-dealkylation sites (tertiary alicyclic amines) is 2. The fraction of sp³-hybridized carbons (Fsp3) is 0.478. The molecule has 0 spiro atoms. The van der Waals surface area contributed by atoms with Crippen LogP contribution in [0.2, 0.25) is 0 Å². The van der Waals surface area contributed by atoms with Gasteiger partial charge in [0.1, 0.15) is 5.76 Å². The Balaban J connectivity index is 1.35. The summed E-state index contributed by atoms with van der Waals surface area (Å²) in [5, 5.41) is 1.18. The number of hydrogen-bond acceptors (Lipinski definition) is 6. The zero-order chi connectivity index (χ0) is 23.3. The lowest BCUT2D eigenvalue weighted by Crippen LogP contribution is -2.47. The van der Waals surface area contributed by atoms with E-state index in [9.17, 15) is 19.2 Å². The maximum Gasteiger partial charge on any atom is 0.234 e. The highest BCUT2D eigenvalue weighted by molar-refractivity contribution is 6.30. The van der Waals surface area contributed by atoms with Gasteiger partial charge in [-0.15, -0.1) is 0 Å². The van der Waals surface area contributed by atoms with Gasteiger partial charge in [0.15, 0.2) is 0 Å². The number of carbonyl (C=O) groups excluding carboxylic acids is 4. The Morgan fingerprint density at radius 2 is 1.30 bits per heavy atom. The van der Waals surface area contributed by atoms with Crippen molar-refractivity contribution in [1.82, 2.24) is 14.7 Å². The third kappa shape index (κ3) is 4.05. The SMILES string of the molecule is O=C1[C@H]2CC(Cl)=CC[C@H]2C(=O)N1CN(Cc1ccco1)CN1C(=O)[C@H]2CC=C(Cl)C[C@H]2C1=O. The van der Waals surface area contributed by atoms with Crippen LogP contribution in [0.5, 0.6) is 0 Å². The molecule has 0 aromatic carbocycles. The van der Waals surface area contributed by atoms with Crippen molar-refractivity contribution < 1.29 is 23.6 Å². The number of hydrogen-bond donors (Lipinski definition) is 0. The second-order valence-corrected chi connectivity index (χ2v) is 9.98. The predicted octanol–water partition coefficient (Wildman–Crippen LogP) is 3.03. The molecule has 2 aliphatic carbocycles. The third-order valence-corrected chi connectivity index (χ3v) is 7.58. The van der Waals surface area contributed by atoms with Crippen LogP contribution in [0.25, 0.3) is 0 Å². The van der Waals surface area contributed by atoms with Crippen molar-refractivity contribution in [3.8, 4) is 0 Å². The molecule has 2 aliphatic heterocycles. The summed E-state index contributed by atoms with van der Waals surface area (Å²) < 4.78 is 5.45. The minimum absolute atomic E-state index is 0.0472. The highest BCUT2D eigenvalue weighted by atomic mass is 35.5. The van der Waals surface area contributed by atoms with Crippen molar-refractivity contribution in [3.05, 3.63) is 46.4 Å². The quantitative estimate of drug-likeness (QED) is 0.568. The zero-order valence-corrected chi connectivity index (χ0v) is 19.3. The zero-order valence-electron chi connectivity index (χ0n) is 17.8. The van der Waals surface area contributed by atoms with E-state index in [1.54, 1.807) is 29.2 Å². The molecular weight excluding hydrogens is 469 g/mol. The molecule has 1 aromatic heterocycles. The van der Waals surface area contributed by atoms with Gasteiger partial charge in [0.25, 0.3) is 0 Å². The number of allylic oxidation sites excluding steroid dienone is 4. The first-order chi connectivity index (χ1) is 15.8. The van der Waals surface area contributed by atoms with E-state index in [-0.39, 0.29) is 43.5 Å². The van der Waals surface area contributed by atoms with Crippen molar-refractivity contribution >= 4 is 46.8 Å². The summed E-state index contributed by atoms with van der Waals surface area (Å²) in [6, 6.07) is 3.50. The lowest BCUT2D eigenvalue weighted by molar-refractivity contribution is -0.145. The van der Waals surface area contributed by atoms with Crippen LogP contribution in [0, 0.1) is 23.7 Å². The molecule has 4 atom stereocenters. The van der Waals surface area contributed by atoms with Crippen LogP contribution >= 0.6 is 23.2 Å². The number of fused-ring (bicyclic) bond motifs is 2. The van der Waals surface area contributed by atoms with Crippen molar-refractivity contribution in [2.45, 2.75) is 32.2 Å². The average molecular weight is 492 g/mol. The van der Waals surface area contributed by atoms with E-state index >= 15 is 0 Å². The fourth-order valence-corrected chi connectivity index (χ4v) is 5.75. The molecule has 174 valence electrons. The van der Waals surface area contributed by atoms with Crippen LogP contribution in [0.4, 0.5) is 0 Å². The monoisotopic (exact) mass is 491 g/mol. The van der Waals surface area contributed by atoms with E-state index in [1.807, 2.05) is 0 Å². The molecule has 2 fully saturated rings. The van der Waals surface area contributed by atoms with E-state index in [4.69, 9.17) is 27.6 Å². The third-order valence-electron chi connectivity index (χ3n) is 6.96. The van der Waals surface area contributed by atoms with Gasteiger partial charge < -0.3 is 4.42 Å². The second kappa shape index (κ2) is 8.74. The highest BCUT2D eigenvalue weighted by Crippen LogP contribution is 2.40. The Hall–Kier alpha value is -2.42. The minimum atomic E-state index is -0.466. The van der Waals surface area contributed by atoms with Crippen molar-refractivity contribution in [2.24, 2.45) is 23.7 Å². The minimum Gasteiger partial charge on any atom is -0.468 e. The van der Waals surface area contributed by atoms with Gasteiger partial charge in [-0.3, -0.25) is 33.9 Å².